The Morgan fingerprint density at radius 3 is 2.53 bits per heavy atom. The number of aromatic amines is 1. The van der Waals surface area contributed by atoms with Crippen molar-refractivity contribution in [3.05, 3.63) is 33.7 Å². The normalized spacial score (nSPS) is 11.4. The molecule has 0 aliphatic heterocycles. The summed E-state index contributed by atoms with van der Waals surface area (Å²) in [6.45, 7) is 6.57. The molecule has 1 amide bonds. The van der Waals surface area contributed by atoms with Crippen LogP contribution in [0.2, 0.25) is 0 Å². The van der Waals surface area contributed by atoms with E-state index in [2.05, 4.69) is 40.1 Å². The topological polar surface area (TPSA) is 62.0 Å². The number of pyridine rings is 1. The second-order valence-corrected chi connectivity index (χ2v) is 5.48. The van der Waals surface area contributed by atoms with E-state index in [9.17, 15) is 9.59 Å². The number of carbonyl (C=O) groups is 1. The van der Waals surface area contributed by atoms with Gasteiger partial charge in [0.05, 0.1) is 0 Å². The maximum absolute atomic E-state index is 12.0. The summed E-state index contributed by atoms with van der Waals surface area (Å²) < 4.78 is 0. The number of H-pyrrole nitrogens is 1. The Bertz CT molecular complexity index is 484. The summed E-state index contributed by atoms with van der Waals surface area (Å²) in [5.74, 6) is -0.312. The average molecular weight is 329 g/mol. The van der Waals surface area contributed by atoms with Crippen LogP contribution >= 0.6 is 15.9 Å². The van der Waals surface area contributed by atoms with Gasteiger partial charge < -0.3 is 10.3 Å². The monoisotopic (exact) mass is 328 g/mol. The van der Waals surface area contributed by atoms with Crippen molar-refractivity contribution in [3.63, 3.8) is 0 Å². The number of halogens is 1. The summed E-state index contributed by atoms with van der Waals surface area (Å²) in [7, 11) is 0. The van der Waals surface area contributed by atoms with Gasteiger partial charge in [0.25, 0.3) is 5.91 Å². The number of rotatable bonds is 6. The number of aromatic nitrogens is 1. The van der Waals surface area contributed by atoms with E-state index in [0.717, 1.165) is 23.9 Å². The highest BCUT2D eigenvalue weighted by Crippen LogP contribution is 2.27. The number of carbonyl (C=O) groups excluding carboxylic acids is 1. The Morgan fingerprint density at radius 2 is 2.05 bits per heavy atom. The van der Waals surface area contributed by atoms with E-state index >= 15 is 0 Å². The Labute approximate surface area is 122 Å². The van der Waals surface area contributed by atoms with Gasteiger partial charge in [0.1, 0.15) is 5.56 Å². The molecule has 0 spiro atoms. The predicted octanol–water partition coefficient (Wildman–Crippen LogP) is 2.61. The fraction of sp³-hybridized carbons (Fsp3) is 0.571. The number of alkyl halides is 1. The third kappa shape index (κ3) is 3.93. The molecule has 0 aliphatic rings. The summed E-state index contributed by atoms with van der Waals surface area (Å²) in [5, 5.41) is 3.69. The van der Waals surface area contributed by atoms with E-state index < -0.39 is 0 Å². The molecule has 1 heterocycles. The maximum atomic E-state index is 12.0. The molecule has 0 atom stereocenters. The number of hydrogen-bond donors (Lipinski definition) is 2. The first kappa shape index (κ1) is 16.0. The summed E-state index contributed by atoms with van der Waals surface area (Å²) in [6.07, 6.45) is 3.42. The van der Waals surface area contributed by atoms with Gasteiger partial charge in [-0.2, -0.15) is 0 Å². The zero-order chi connectivity index (χ0) is 14.5. The molecule has 106 valence electrons. The van der Waals surface area contributed by atoms with Crippen LogP contribution in [-0.2, 0) is 0 Å². The Hall–Kier alpha value is -1.10. The molecule has 0 aromatic carbocycles. The van der Waals surface area contributed by atoms with Crippen molar-refractivity contribution in [2.45, 2.75) is 33.6 Å². The van der Waals surface area contributed by atoms with Crippen molar-refractivity contribution >= 4 is 21.8 Å². The van der Waals surface area contributed by atoms with Gasteiger partial charge in [0.2, 0.25) is 0 Å². The van der Waals surface area contributed by atoms with Crippen LogP contribution in [0.5, 0.6) is 0 Å². The standard InChI is InChI=1S/C14H21BrN2O2/c1-4-14(5-2,8-15)9-17-13(19)11-7-16-10(3)6-12(11)18/h6-7H,4-5,8-9H2,1-3H3,(H,16,18)(H,17,19). The van der Waals surface area contributed by atoms with Crippen molar-refractivity contribution in [1.82, 2.24) is 10.3 Å². The lowest BCUT2D eigenvalue weighted by Crippen LogP contribution is -2.39. The van der Waals surface area contributed by atoms with Gasteiger partial charge in [-0.25, -0.2) is 0 Å². The van der Waals surface area contributed by atoms with Crippen LogP contribution in [-0.4, -0.2) is 22.8 Å². The van der Waals surface area contributed by atoms with E-state index in [0.29, 0.717) is 6.54 Å². The van der Waals surface area contributed by atoms with Crippen LogP contribution in [0.3, 0.4) is 0 Å². The predicted molar refractivity (Wildman–Crippen MR) is 80.9 cm³/mol. The van der Waals surface area contributed by atoms with Gasteiger partial charge in [-0.15, -0.1) is 0 Å². The van der Waals surface area contributed by atoms with Crippen molar-refractivity contribution in [1.29, 1.82) is 0 Å². The summed E-state index contributed by atoms with van der Waals surface area (Å²) in [5.41, 5.74) is 0.721. The highest BCUT2D eigenvalue weighted by molar-refractivity contribution is 9.09. The number of hydrogen-bond acceptors (Lipinski definition) is 2. The first-order chi connectivity index (χ1) is 8.98. The van der Waals surface area contributed by atoms with Gasteiger partial charge in [-0.1, -0.05) is 29.8 Å². The third-order valence-electron chi connectivity index (χ3n) is 3.71. The Morgan fingerprint density at radius 1 is 1.42 bits per heavy atom. The molecule has 2 N–H and O–H groups in total. The molecule has 1 aromatic heterocycles. The fourth-order valence-corrected chi connectivity index (χ4v) is 2.84. The van der Waals surface area contributed by atoms with Crippen LogP contribution in [0.1, 0.15) is 42.7 Å². The second kappa shape index (κ2) is 6.89. The van der Waals surface area contributed by atoms with Gasteiger partial charge >= 0.3 is 0 Å². The van der Waals surface area contributed by atoms with Crippen LogP contribution < -0.4 is 10.7 Å². The third-order valence-corrected chi connectivity index (χ3v) is 4.90. The van der Waals surface area contributed by atoms with Crippen molar-refractivity contribution in [3.8, 4) is 0 Å². The molecule has 0 radical (unpaired) electrons. The number of nitrogens with one attached hydrogen (secondary N) is 2. The average Bonchev–Trinajstić information content (AvgIpc) is 2.40. The minimum absolute atomic E-state index is 0.0487. The van der Waals surface area contributed by atoms with Crippen LogP contribution in [0.4, 0.5) is 0 Å². The molecule has 0 fully saturated rings. The fourth-order valence-electron chi connectivity index (χ4n) is 1.85. The SMILES string of the molecule is CCC(CC)(CBr)CNC(=O)c1c[nH]c(C)cc1=O. The quantitative estimate of drug-likeness (QED) is 0.788. The molecule has 0 unspecified atom stereocenters. The van der Waals surface area contributed by atoms with E-state index in [1.807, 2.05) is 0 Å². The smallest absolute Gasteiger partial charge is 0.256 e. The summed E-state index contributed by atoms with van der Waals surface area (Å²) in [4.78, 5) is 26.6. The minimum Gasteiger partial charge on any atom is -0.364 e. The first-order valence-corrected chi connectivity index (χ1v) is 7.63. The Kier molecular flexibility index (Phi) is 5.79. The molecule has 1 aromatic rings. The van der Waals surface area contributed by atoms with E-state index in [1.165, 1.54) is 12.3 Å². The molecule has 5 heteroatoms. The van der Waals surface area contributed by atoms with E-state index in [4.69, 9.17) is 0 Å². The summed E-state index contributed by atoms with van der Waals surface area (Å²) >= 11 is 3.50. The molecule has 0 saturated heterocycles. The number of amides is 1. The molecule has 0 aliphatic carbocycles. The second-order valence-electron chi connectivity index (χ2n) is 4.92. The van der Waals surface area contributed by atoms with E-state index in [1.54, 1.807) is 6.92 Å². The molecule has 4 nitrogen and oxygen atoms in total. The molecule has 0 saturated carbocycles. The van der Waals surface area contributed by atoms with Crippen molar-refractivity contribution in [2.24, 2.45) is 5.41 Å². The van der Waals surface area contributed by atoms with Crippen LogP contribution in [0, 0.1) is 12.3 Å². The summed E-state index contributed by atoms with van der Waals surface area (Å²) in [6, 6.07) is 1.44. The maximum Gasteiger partial charge on any atom is 0.256 e. The van der Waals surface area contributed by atoms with Gasteiger partial charge in [0, 0.05) is 29.8 Å². The molecular formula is C14H21BrN2O2. The van der Waals surface area contributed by atoms with Crippen LogP contribution in [0.15, 0.2) is 17.1 Å². The largest absolute Gasteiger partial charge is 0.364 e. The zero-order valence-electron chi connectivity index (χ0n) is 11.7. The van der Waals surface area contributed by atoms with Crippen molar-refractivity contribution in [2.75, 3.05) is 11.9 Å². The van der Waals surface area contributed by atoms with Gasteiger partial charge in [0.15, 0.2) is 5.43 Å². The molecular weight excluding hydrogens is 308 g/mol. The van der Waals surface area contributed by atoms with Gasteiger partial charge in [-0.3, -0.25) is 9.59 Å². The lowest BCUT2D eigenvalue weighted by molar-refractivity contribution is 0.0931. The van der Waals surface area contributed by atoms with E-state index in [-0.39, 0.29) is 22.3 Å². The molecule has 0 bridgehead atoms. The Balaban J connectivity index is 2.78. The minimum atomic E-state index is -0.312. The first-order valence-electron chi connectivity index (χ1n) is 6.51. The van der Waals surface area contributed by atoms with Crippen LogP contribution in [0.25, 0.3) is 0 Å². The highest BCUT2D eigenvalue weighted by Gasteiger charge is 2.25. The zero-order valence-corrected chi connectivity index (χ0v) is 13.3. The lowest BCUT2D eigenvalue weighted by Gasteiger charge is -2.29. The number of aryl methyl sites for hydroxylation is 1. The molecule has 1 rings (SSSR count). The molecule has 19 heavy (non-hydrogen) atoms. The van der Waals surface area contributed by atoms with Gasteiger partial charge in [-0.05, 0) is 25.2 Å². The lowest BCUT2D eigenvalue weighted by atomic mass is 9.84. The van der Waals surface area contributed by atoms with Crippen molar-refractivity contribution < 1.29 is 4.79 Å². The highest BCUT2D eigenvalue weighted by atomic mass is 79.9.